The Hall–Kier alpha value is -0.280. The number of hydrogen-bond acceptors (Lipinski definition) is 1. The molecule has 0 unspecified atom stereocenters. The summed E-state index contributed by atoms with van der Waals surface area (Å²) in [7, 11) is 0. The Morgan fingerprint density at radius 3 is 2.82 bits per heavy atom. The number of halogens is 2. The topological polar surface area (TPSA) is 13.1 Å². The van der Waals surface area contributed by atoms with Gasteiger partial charge in [0, 0.05) is 15.2 Å². The number of furan rings is 1. The lowest BCUT2D eigenvalue weighted by atomic mass is 10.2. The minimum Gasteiger partial charge on any atom is -0.456 e. The molecule has 0 fully saturated rings. The van der Waals surface area contributed by atoms with Crippen LogP contribution in [0.5, 0.6) is 0 Å². The van der Waals surface area contributed by atoms with Crippen LogP contribution in [0, 0.1) is 0 Å². The highest BCUT2D eigenvalue weighted by Crippen LogP contribution is 2.28. The summed E-state index contributed by atoms with van der Waals surface area (Å²) in [5.41, 5.74) is 0. The summed E-state index contributed by atoms with van der Waals surface area (Å²) in [4.78, 5) is 0. The van der Waals surface area contributed by atoms with E-state index < -0.39 is 0 Å². The molecule has 0 aliphatic rings. The fourth-order valence-electron chi connectivity index (χ4n) is 0.980. The summed E-state index contributed by atoms with van der Waals surface area (Å²) < 4.78 is 7.01. The van der Waals surface area contributed by atoms with E-state index in [0.717, 1.165) is 19.9 Å². The first-order valence-electron chi connectivity index (χ1n) is 3.09. The second-order valence-electron chi connectivity index (χ2n) is 2.24. The molecular weight excluding hydrogens is 272 g/mol. The van der Waals surface area contributed by atoms with Crippen molar-refractivity contribution in [2.75, 3.05) is 0 Å². The van der Waals surface area contributed by atoms with Gasteiger partial charge in [-0.15, -0.1) is 0 Å². The summed E-state index contributed by atoms with van der Waals surface area (Å²) in [5.74, 6) is 0. The van der Waals surface area contributed by atoms with Gasteiger partial charge in [-0.2, -0.15) is 0 Å². The Kier molecular flexibility index (Phi) is 1.77. The molecule has 1 nitrogen and oxygen atoms in total. The predicted molar refractivity (Wildman–Crippen MR) is 51.6 cm³/mol. The van der Waals surface area contributed by atoms with Crippen LogP contribution in [0.15, 0.2) is 38.0 Å². The van der Waals surface area contributed by atoms with Gasteiger partial charge in [-0.3, -0.25) is 0 Å². The van der Waals surface area contributed by atoms with Crippen molar-refractivity contribution in [2.45, 2.75) is 0 Å². The first kappa shape index (κ1) is 7.37. The van der Waals surface area contributed by atoms with E-state index in [0.29, 0.717) is 0 Å². The molecular formula is C8H4Br2O. The zero-order chi connectivity index (χ0) is 7.84. The number of fused-ring (bicyclic) bond motifs is 1. The number of hydrogen-bond donors (Lipinski definition) is 0. The monoisotopic (exact) mass is 274 g/mol. The lowest BCUT2D eigenvalue weighted by Gasteiger charge is -1.89. The highest BCUT2D eigenvalue weighted by molar-refractivity contribution is 9.11. The first-order valence-corrected chi connectivity index (χ1v) is 4.68. The summed E-state index contributed by atoms with van der Waals surface area (Å²) in [6.07, 6.45) is 1.73. The van der Waals surface area contributed by atoms with Crippen LogP contribution in [-0.2, 0) is 0 Å². The van der Waals surface area contributed by atoms with E-state index in [4.69, 9.17) is 4.42 Å². The van der Waals surface area contributed by atoms with E-state index in [2.05, 4.69) is 31.9 Å². The van der Waals surface area contributed by atoms with Gasteiger partial charge in [0.1, 0.15) is 0 Å². The molecule has 1 heterocycles. The lowest BCUT2D eigenvalue weighted by molar-refractivity contribution is 0.547. The fraction of sp³-hybridized carbons (Fsp3) is 0. The lowest BCUT2D eigenvalue weighted by Crippen LogP contribution is -1.64. The van der Waals surface area contributed by atoms with Crippen molar-refractivity contribution in [3.63, 3.8) is 0 Å². The summed E-state index contributed by atoms with van der Waals surface area (Å²) in [5, 5.41) is 2.21. The average molecular weight is 276 g/mol. The van der Waals surface area contributed by atoms with Crippen LogP contribution < -0.4 is 0 Å². The molecule has 0 bridgehead atoms. The molecule has 0 radical (unpaired) electrons. The maximum Gasteiger partial charge on any atom is 0.176 e. The third kappa shape index (κ3) is 1.23. The van der Waals surface area contributed by atoms with Gasteiger partial charge in [-0.1, -0.05) is 15.9 Å². The van der Waals surface area contributed by atoms with E-state index in [1.807, 2.05) is 18.2 Å². The Bertz CT molecular complexity index is 392. The molecule has 11 heavy (non-hydrogen) atoms. The molecule has 0 spiro atoms. The van der Waals surface area contributed by atoms with Gasteiger partial charge in [0.2, 0.25) is 0 Å². The van der Waals surface area contributed by atoms with E-state index >= 15 is 0 Å². The fourth-order valence-corrected chi connectivity index (χ4v) is 1.78. The standard InChI is InChI=1S/C8H4Br2O/c9-6-2-1-5-4-11-8(10)7(5)3-6/h1-4H. The van der Waals surface area contributed by atoms with E-state index in [1.165, 1.54) is 0 Å². The highest BCUT2D eigenvalue weighted by atomic mass is 79.9. The molecule has 0 saturated carbocycles. The van der Waals surface area contributed by atoms with Crippen molar-refractivity contribution in [1.29, 1.82) is 0 Å². The maximum atomic E-state index is 5.17. The zero-order valence-corrected chi connectivity index (χ0v) is 8.65. The van der Waals surface area contributed by atoms with Gasteiger partial charge in [0.25, 0.3) is 0 Å². The van der Waals surface area contributed by atoms with Crippen LogP contribution in [0.25, 0.3) is 10.8 Å². The van der Waals surface area contributed by atoms with Gasteiger partial charge in [0.05, 0.1) is 6.26 Å². The number of rotatable bonds is 0. The van der Waals surface area contributed by atoms with Crippen molar-refractivity contribution in [3.05, 3.63) is 33.6 Å². The molecule has 2 rings (SSSR count). The highest BCUT2D eigenvalue weighted by Gasteiger charge is 2.01. The Balaban J connectivity index is 2.87. The molecule has 1 aromatic carbocycles. The smallest absolute Gasteiger partial charge is 0.176 e. The zero-order valence-electron chi connectivity index (χ0n) is 5.47. The quantitative estimate of drug-likeness (QED) is 0.709. The SMILES string of the molecule is Brc1ccc2coc(Br)c2c1. The van der Waals surface area contributed by atoms with Gasteiger partial charge < -0.3 is 4.42 Å². The van der Waals surface area contributed by atoms with E-state index in [1.54, 1.807) is 6.26 Å². The van der Waals surface area contributed by atoms with Crippen LogP contribution >= 0.6 is 31.9 Å². The predicted octanol–water partition coefficient (Wildman–Crippen LogP) is 3.96. The van der Waals surface area contributed by atoms with Crippen LogP contribution in [0.1, 0.15) is 0 Å². The summed E-state index contributed by atoms with van der Waals surface area (Å²) >= 11 is 6.70. The van der Waals surface area contributed by atoms with E-state index in [-0.39, 0.29) is 0 Å². The Labute approximate surface area is 80.6 Å². The first-order chi connectivity index (χ1) is 5.27. The van der Waals surface area contributed by atoms with Crippen LogP contribution in [0.2, 0.25) is 0 Å². The molecule has 0 amide bonds. The van der Waals surface area contributed by atoms with Crippen molar-refractivity contribution in [1.82, 2.24) is 0 Å². The van der Waals surface area contributed by atoms with Crippen LogP contribution in [0.4, 0.5) is 0 Å². The minimum atomic E-state index is 0.786. The molecule has 0 saturated heterocycles. The van der Waals surface area contributed by atoms with Gasteiger partial charge in [-0.25, -0.2) is 0 Å². The Morgan fingerprint density at radius 2 is 2.00 bits per heavy atom. The van der Waals surface area contributed by atoms with Gasteiger partial charge in [0.15, 0.2) is 4.67 Å². The molecule has 0 aliphatic heterocycles. The second kappa shape index (κ2) is 2.64. The van der Waals surface area contributed by atoms with Gasteiger partial charge >= 0.3 is 0 Å². The van der Waals surface area contributed by atoms with Crippen molar-refractivity contribution >= 4 is 42.6 Å². The molecule has 0 atom stereocenters. The Morgan fingerprint density at radius 1 is 1.18 bits per heavy atom. The van der Waals surface area contributed by atoms with Crippen LogP contribution in [-0.4, -0.2) is 0 Å². The molecule has 56 valence electrons. The van der Waals surface area contributed by atoms with Crippen molar-refractivity contribution < 1.29 is 4.42 Å². The second-order valence-corrected chi connectivity index (χ2v) is 3.88. The molecule has 2 aromatic rings. The molecule has 3 heteroatoms. The summed E-state index contributed by atoms with van der Waals surface area (Å²) in [6, 6.07) is 6.01. The third-order valence-corrected chi connectivity index (χ3v) is 2.62. The minimum absolute atomic E-state index is 0.786. The van der Waals surface area contributed by atoms with E-state index in [9.17, 15) is 0 Å². The molecule has 0 aliphatic carbocycles. The summed E-state index contributed by atoms with van der Waals surface area (Å²) in [6.45, 7) is 0. The van der Waals surface area contributed by atoms with Crippen molar-refractivity contribution in [3.8, 4) is 0 Å². The van der Waals surface area contributed by atoms with Crippen molar-refractivity contribution in [2.24, 2.45) is 0 Å². The average Bonchev–Trinajstić information content (AvgIpc) is 2.33. The molecule has 0 N–H and O–H groups in total. The maximum absolute atomic E-state index is 5.17. The van der Waals surface area contributed by atoms with Gasteiger partial charge in [-0.05, 0) is 34.1 Å². The molecule has 1 aromatic heterocycles. The normalized spacial score (nSPS) is 10.7. The van der Waals surface area contributed by atoms with Crippen LogP contribution in [0.3, 0.4) is 0 Å². The number of benzene rings is 1. The third-order valence-electron chi connectivity index (χ3n) is 1.52. The largest absolute Gasteiger partial charge is 0.456 e.